The summed E-state index contributed by atoms with van der Waals surface area (Å²) in [5.74, 6) is -1.03. The minimum Gasteiger partial charge on any atom is -0.493 e. The molecule has 0 saturated heterocycles. The molecule has 1 aliphatic rings. The molecule has 0 fully saturated rings. The molecule has 0 aromatic heterocycles. The predicted molar refractivity (Wildman–Crippen MR) is 206 cm³/mol. The van der Waals surface area contributed by atoms with Gasteiger partial charge in [0.2, 0.25) is 5.91 Å². The van der Waals surface area contributed by atoms with Crippen LogP contribution in [-0.2, 0) is 20.7 Å². The van der Waals surface area contributed by atoms with Crippen LogP contribution in [0.25, 0.3) is 0 Å². The maximum atomic E-state index is 15.1. The van der Waals surface area contributed by atoms with E-state index in [-0.39, 0.29) is 26.3 Å². The summed E-state index contributed by atoms with van der Waals surface area (Å²) in [6.45, 7) is 11.0. The number of aryl methyl sites for hydroxylation is 1. The van der Waals surface area contributed by atoms with Crippen LogP contribution < -0.4 is 5.32 Å². The van der Waals surface area contributed by atoms with Crippen LogP contribution in [0, 0.1) is 11.7 Å². The summed E-state index contributed by atoms with van der Waals surface area (Å²) in [6.07, 6.45) is 16.2. The molecule has 2 unspecified atom stereocenters. The number of benzene rings is 2. The van der Waals surface area contributed by atoms with Crippen molar-refractivity contribution >= 4 is 17.7 Å². The smallest absolute Gasteiger partial charge is 0.416 e. The molecule has 1 aliphatic carbocycles. The molecule has 7 nitrogen and oxygen atoms in total. The Labute approximate surface area is 305 Å². The molecule has 2 N–H and O–H groups in total. The number of amides is 2. The molecular formula is C42H60F2N2O5. The topological polar surface area (TPSA) is 88.1 Å². The standard InChI is InChI=1S/C23H28F2N2O3.C17H24O.CH4O.CH4/c1-3-16-30-23(29)27(2)22(28)20(21(25)26-19-9-5-4-6-10-19)11-7-8-17-12-14-18(24)15-13-17;1-4-5-6-7-9-16(3)14-18-17-11-8-10-15(2)12-13-17;1-2;/h4-6,9-10,12-15,20-21,26H,3,7-8,11,16H2,1-2H3;5-6,8,10-12H,3-4,7,9,13-14H2,1-2H3;2H,1H3;1H4/b;6-5-;;. The van der Waals surface area contributed by atoms with Gasteiger partial charge in [0, 0.05) is 26.3 Å². The summed E-state index contributed by atoms with van der Waals surface area (Å²) >= 11 is 0. The second-order valence-corrected chi connectivity index (χ2v) is 11.7. The van der Waals surface area contributed by atoms with E-state index in [1.807, 2.05) is 19.1 Å². The van der Waals surface area contributed by atoms with Gasteiger partial charge in [0.1, 0.15) is 18.2 Å². The fraction of sp³-hybridized carbons (Fsp3) is 0.429. The summed E-state index contributed by atoms with van der Waals surface area (Å²) in [6, 6.07) is 14.8. The summed E-state index contributed by atoms with van der Waals surface area (Å²) in [5.41, 5.74) is 3.88. The zero-order valence-electron chi connectivity index (χ0n) is 30.4. The van der Waals surface area contributed by atoms with Crippen molar-refractivity contribution in [3.05, 3.63) is 126 Å². The Morgan fingerprint density at radius 3 is 2.41 bits per heavy atom. The lowest BCUT2D eigenvalue weighted by Gasteiger charge is -2.25. The van der Waals surface area contributed by atoms with Crippen molar-refractivity contribution in [2.75, 3.05) is 32.7 Å². The lowest BCUT2D eigenvalue weighted by atomic mass is 9.97. The number of alkyl halides is 1. The van der Waals surface area contributed by atoms with Crippen molar-refractivity contribution in [3.8, 4) is 0 Å². The number of nitrogens with one attached hydrogen (secondary N) is 1. The number of halogens is 2. The first-order valence-electron chi connectivity index (χ1n) is 17.2. The molecule has 0 saturated carbocycles. The Hall–Kier alpha value is -4.50. The molecule has 2 aromatic rings. The number of nitrogens with zero attached hydrogens (tertiary/aromatic N) is 1. The molecule has 3 rings (SSSR count). The number of carbonyl (C=O) groups is 2. The summed E-state index contributed by atoms with van der Waals surface area (Å²) in [7, 11) is 2.29. The number of para-hydroxylation sites is 1. The number of rotatable bonds is 17. The van der Waals surface area contributed by atoms with Gasteiger partial charge in [-0.15, -0.1) is 0 Å². The van der Waals surface area contributed by atoms with Gasteiger partial charge in [-0.3, -0.25) is 9.69 Å². The summed E-state index contributed by atoms with van der Waals surface area (Å²) in [5, 5.41) is 9.70. The van der Waals surface area contributed by atoms with Gasteiger partial charge >= 0.3 is 6.09 Å². The summed E-state index contributed by atoms with van der Waals surface area (Å²) < 4.78 is 38.9. The van der Waals surface area contributed by atoms with Crippen molar-refractivity contribution in [1.82, 2.24) is 4.90 Å². The molecule has 0 radical (unpaired) electrons. The van der Waals surface area contributed by atoms with Crippen molar-refractivity contribution in [3.63, 3.8) is 0 Å². The first-order chi connectivity index (χ1) is 24.1. The third-order valence-electron chi connectivity index (χ3n) is 7.47. The number of hydrogen-bond acceptors (Lipinski definition) is 6. The van der Waals surface area contributed by atoms with E-state index in [1.165, 1.54) is 24.8 Å². The van der Waals surface area contributed by atoms with Gasteiger partial charge in [0.05, 0.1) is 12.5 Å². The highest BCUT2D eigenvalue weighted by molar-refractivity contribution is 5.93. The van der Waals surface area contributed by atoms with Gasteiger partial charge in [-0.1, -0.05) is 94.1 Å². The maximum Gasteiger partial charge on any atom is 0.416 e. The number of allylic oxidation sites excluding steroid dienone is 7. The minimum absolute atomic E-state index is 0. The van der Waals surface area contributed by atoms with Crippen molar-refractivity contribution in [1.29, 1.82) is 0 Å². The first-order valence-corrected chi connectivity index (χ1v) is 17.2. The maximum absolute atomic E-state index is 15.1. The predicted octanol–water partition coefficient (Wildman–Crippen LogP) is 10.5. The Morgan fingerprint density at radius 2 is 1.76 bits per heavy atom. The number of anilines is 1. The van der Waals surface area contributed by atoms with Crippen LogP contribution in [0.15, 0.2) is 115 Å². The second kappa shape index (κ2) is 28.2. The van der Waals surface area contributed by atoms with Crippen molar-refractivity contribution in [2.45, 2.75) is 85.9 Å². The Bertz CT molecular complexity index is 1380. The van der Waals surface area contributed by atoms with Crippen LogP contribution in [0.4, 0.5) is 19.3 Å². The summed E-state index contributed by atoms with van der Waals surface area (Å²) in [4.78, 5) is 25.8. The van der Waals surface area contributed by atoms with Crippen molar-refractivity contribution in [2.24, 2.45) is 5.92 Å². The van der Waals surface area contributed by atoms with E-state index in [1.54, 1.807) is 42.5 Å². The molecule has 2 amide bonds. The average molecular weight is 711 g/mol. The molecule has 9 heteroatoms. The molecule has 282 valence electrons. The minimum atomic E-state index is -1.69. The Kier molecular flexibility index (Phi) is 25.7. The highest BCUT2D eigenvalue weighted by atomic mass is 19.1. The molecular weight excluding hydrogens is 650 g/mol. The van der Waals surface area contributed by atoms with Crippen LogP contribution in [-0.4, -0.2) is 55.7 Å². The monoisotopic (exact) mass is 710 g/mol. The molecule has 0 aliphatic heterocycles. The quantitative estimate of drug-likeness (QED) is 0.126. The van der Waals surface area contributed by atoms with Crippen LogP contribution >= 0.6 is 0 Å². The molecule has 2 aromatic carbocycles. The van der Waals surface area contributed by atoms with Gasteiger partial charge < -0.3 is 19.9 Å². The lowest BCUT2D eigenvalue weighted by molar-refractivity contribution is -0.134. The van der Waals surface area contributed by atoms with Gasteiger partial charge in [-0.25, -0.2) is 13.6 Å². The molecule has 2 atom stereocenters. The van der Waals surface area contributed by atoms with E-state index in [0.717, 1.165) is 54.6 Å². The molecule has 51 heavy (non-hydrogen) atoms. The number of imide groups is 1. The van der Waals surface area contributed by atoms with Crippen LogP contribution in [0.5, 0.6) is 0 Å². The number of aliphatic hydroxyl groups is 1. The average Bonchev–Trinajstić information content (AvgIpc) is 3.35. The molecule has 0 heterocycles. The largest absolute Gasteiger partial charge is 0.493 e. The lowest BCUT2D eigenvalue weighted by Crippen LogP contribution is -2.43. The normalized spacial score (nSPS) is 12.9. The second-order valence-electron chi connectivity index (χ2n) is 11.7. The molecule has 0 spiro atoms. The van der Waals surface area contributed by atoms with Crippen LogP contribution in [0.1, 0.15) is 78.7 Å². The Morgan fingerprint density at radius 1 is 1.08 bits per heavy atom. The third-order valence-corrected chi connectivity index (χ3v) is 7.47. The van der Waals surface area contributed by atoms with E-state index in [4.69, 9.17) is 14.6 Å². The number of ether oxygens (including phenoxy) is 2. The van der Waals surface area contributed by atoms with E-state index in [9.17, 15) is 14.0 Å². The van der Waals surface area contributed by atoms with Crippen molar-refractivity contribution < 1.29 is 33.0 Å². The van der Waals surface area contributed by atoms with Crippen LogP contribution in [0.2, 0.25) is 0 Å². The van der Waals surface area contributed by atoms with Gasteiger partial charge in [0.25, 0.3) is 0 Å². The number of carbonyl (C=O) groups excluding carboxylic acids is 2. The third kappa shape index (κ3) is 20.1. The van der Waals surface area contributed by atoms with Gasteiger partial charge in [-0.05, 0) is 93.3 Å². The van der Waals surface area contributed by atoms with E-state index in [0.29, 0.717) is 31.6 Å². The van der Waals surface area contributed by atoms with E-state index >= 15 is 4.39 Å². The number of aliphatic hydroxyl groups excluding tert-OH is 1. The fourth-order valence-electron chi connectivity index (χ4n) is 4.64. The van der Waals surface area contributed by atoms with E-state index in [2.05, 4.69) is 50.0 Å². The van der Waals surface area contributed by atoms with Crippen LogP contribution in [0.3, 0.4) is 0 Å². The zero-order chi connectivity index (χ0) is 37.1. The highest BCUT2D eigenvalue weighted by Gasteiger charge is 2.33. The van der Waals surface area contributed by atoms with Gasteiger partial charge in [-0.2, -0.15) is 0 Å². The molecule has 0 bridgehead atoms. The fourth-order valence-corrected chi connectivity index (χ4v) is 4.64. The Balaban J connectivity index is 0.00000102. The highest BCUT2D eigenvalue weighted by Crippen LogP contribution is 2.22. The van der Waals surface area contributed by atoms with Gasteiger partial charge in [0.15, 0.2) is 6.30 Å². The number of hydrogen-bond donors (Lipinski definition) is 2. The first kappa shape index (κ1) is 46.5. The van der Waals surface area contributed by atoms with E-state index < -0.39 is 24.2 Å². The SMILES string of the molecule is C.C=C(CC/C=C\CC)COC1=CC=CC(C)=CC1.CCCOC(=O)N(C)C(=O)C(CCCc1ccc(F)cc1)C(F)Nc1ccccc1.CO. The zero-order valence-corrected chi connectivity index (χ0v) is 30.4.